The fraction of sp³-hybridized carbons (Fsp3) is 0.636. The van der Waals surface area contributed by atoms with Gasteiger partial charge in [-0.05, 0) is 37.0 Å². The van der Waals surface area contributed by atoms with E-state index in [0.29, 0.717) is 30.7 Å². The monoisotopic (exact) mass is 550 g/mol. The van der Waals surface area contributed by atoms with Crippen molar-refractivity contribution >= 4 is 35.8 Å². The molecule has 1 atom stereocenters. The minimum atomic E-state index is -2.49. The van der Waals surface area contributed by atoms with E-state index in [1.807, 2.05) is 11.0 Å². The quantitative estimate of drug-likeness (QED) is 0.308. The first kappa shape index (κ1) is 25.6. The minimum absolute atomic E-state index is 0. The maximum Gasteiger partial charge on any atom is 0.272 e. The molecule has 1 saturated carbocycles. The fourth-order valence-electron chi connectivity index (χ4n) is 4.16. The lowest BCUT2D eigenvalue weighted by Crippen LogP contribution is -2.45. The van der Waals surface area contributed by atoms with Crippen molar-refractivity contribution in [3.63, 3.8) is 0 Å². The molecule has 2 aliphatic rings. The van der Waals surface area contributed by atoms with E-state index in [2.05, 4.69) is 15.6 Å². The number of benzene rings is 1. The highest BCUT2D eigenvalue weighted by molar-refractivity contribution is 14.0. The smallest absolute Gasteiger partial charge is 0.272 e. The predicted molar refractivity (Wildman–Crippen MR) is 128 cm³/mol. The predicted octanol–water partition coefficient (Wildman–Crippen LogP) is 3.79. The van der Waals surface area contributed by atoms with Crippen LogP contribution in [0.4, 0.5) is 8.78 Å². The fourth-order valence-corrected chi connectivity index (χ4v) is 4.16. The number of nitrogens with zero attached hydrogens (tertiary/aromatic N) is 2. The van der Waals surface area contributed by atoms with Crippen molar-refractivity contribution < 1.29 is 18.3 Å². The number of carbonyl (C=O) groups excluding carboxylic acids is 1. The second kappa shape index (κ2) is 13.0. The van der Waals surface area contributed by atoms with Crippen molar-refractivity contribution in [3.8, 4) is 5.75 Å². The summed E-state index contributed by atoms with van der Waals surface area (Å²) in [5, 5.41) is 6.64. The van der Waals surface area contributed by atoms with E-state index in [4.69, 9.17) is 4.74 Å². The molecule has 6 nitrogen and oxygen atoms in total. The van der Waals surface area contributed by atoms with Crippen LogP contribution in [0.3, 0.4) is 0 Å². The lowest BCUT2D eigenvalue weighted by atomic mass is 9.88. The number of carbonyl (C=O) groups is 1. The molecule has 3 rings (SSSR count). The Bertz CT molecular complexity index is 729. The Morgan fingerprint density at radius 2 is 2.03 bits per heavy atom. The van der Waals surface area contributed by atoms with Crippen molar-refractivity contribution in [2.75, 3.05) is 26.7 Å². The van der Waals surface area contributed by atoms with Gasteiger partial charge in [0.15, 0.2) is 5.96 Å². The molecule has 0 aromatic heterocycles. The summed E-state index contributed by atoms with van der Waals surface area (Å²) in [6, 6.07) is 7.25. The molecule has 1 unspecified atom stereocenters. The van der Waals surface area contributed by atoms with E-state index in [1.54, 1.807) is 25.2 Å². The van der Waals surface area contributed by atoms with Crippen LogP contribution in [0.1, 0.15) is 44.1 Å². The van der Waals surface area contributed by atoms with Crippen molar-refractivity contribution in [1.82, 2.24) is 15.5 Å². The van der Waals surface area contributed by atoms with Crippen molar-refractivity contribution in [1.29, 1.82) is 0 Å². The van der Waals surface area contributed by atoms with Crippen LogP contribution in [0, 0.1) is 5.92 Å². The average Bonchev–Trinajstić information content (AvgIpc) is 3.24. The summed E-state index contributed by atoms with van der Waals surface area (Å²) < 4.78 is 29.7. The Hall–Kier alpha value is -1.65. The highest BCUT2D eigenvalue weighted by Gasteiger charge is 2.31. The number of hydrogen-bond donors (Lipinski definition) is 2. The van der Waals surface area contributed by atoms with Crippen LogP contribution >= 0.6 is 24.0 Å². The lowest BCUT2D eigenvalue weighted by molar-refractivity contribution is -0.135. The van der Waals surface area contributed by atoms with Crippen molar-refractivity contribution in [2.45, 2.75) is 57.5 Å². The molecule has 31 heavy (non-hydrogen) atoms. The van der Waals surface area contributed by atoms with Gasteiger partial charge in [0, 0.05) is 38.6 Å². The molecular formula is C22H33F2IN4O2. The third kappa shape index (κ3) is 8.08. The molecule has 174 valence electrons. The number of rotatable bonds is 7. The first-order valence-electron chi connectivity index (χ1n) is 10.8. The van der Waals surface area contributed by atoms with Crippen LogP contribution in [0.25, 0.3) is 0 Å². The van der Waals surface area contributed by atoms with E-state index < -0.39 is 13.0 Å². The van der Waals surface area contributed by atoms with Gasteiger partial charge in [0.2, 0.25) is 5.91 Å². The summed E-state index contributed by atoms with van der Waals surface area (Å²) in [4.78, 5) is 19.0. The van der Waals surface area contributed by atoms with E-state index in [-0.39, 0.29) is 35.9 Å². The van der Waals surface area contributed by atoms with Gasteiger partial charge in [-0.25, -0.2) is 8.78 Å². The molecule has 1 heterocycles. The standard InChI is InChI=1S/C22H32F2N4O2.HI/c1-25-22(26-13-16-6-5-9-19(12-16)30-15-20(23)24)27-18-10-11-28(14-18)21(29)17-7-3-2-4-8-17;/h5-6,9,12,17-18,20H,2-4,7-8,10-11,13-15H2,1H3,(H2,25,26,27);1H. The maximum absolute atomic E-state index is 12.7. The summed E-state index contributed by atoms with van der Waals surface area (Å²) in [7, 11) is 1.71. The molecule has 1 amide bonds. The van der Waals surface area contributed by atoms with Gasteiger partial charge in [-0.15, -0.1) is 24.0 Å². The first-order valence-corrected chi connectivity index (χ1v) is 10.8. The zero-order valence-electron chi connectivity index (χ0n) is 18.0. The molecule has 2 fully saturated rings. The van der Waals surface area contributed by atoms with E-state index in [9.17, 15) is 13.6 Å². The number of amides is 1. The van der Waals surface area contributed by atoms with Gasteiger partial charge in [-0.2, -0.15) is 0 Å². The zero-order valence-corrected chi connectivity index (χ0v) is 20.3. The second-order valence-corrected chi connectivity index (χ2v) is 8.02. The van der Waals surface area contributed by atoms with Crippen LogP contribution in [-0.4, -0.2) is 56.0 Å². The number of ether oxygens (including phenoxy) is 1. The highest BCUT2D eigenvalue weighted by Crippen LogP contribution is 2.26. The molecule has 1 saturated heterocycles. The Morgan fingerprint density at radius 1 is 1.26 bits per heavy atom. The van der Waals surface area contributed by atoms with Gasteiger partial charge in [-0.1, -0.05) is 31.4 Å². The van der Waals surface area contributed by atoms with Crippen LogP contribution in [0.5, 0.6) is 5.75 Å². The average molecular weight is 550 g/mol. The number of guanidine groups is 1. The van der Waals surface area contributed by atoms with Gasteiger partial charge < -0.3 is 20.3 Å². The molecule has 1 aliphatic heterocycles. The number of halogens is 3. The Kier molecular flexibility index (Phi) is 10.8. The number of hydrogen-bond acceptors (Lipinski definition) is 3. The molecule has 0 bridgehead atoms. The van der Waals surface area contributed by atoms with Crippen LogP contribution in [0.2, 0.25) is 0 Å². The van der Waals surface area contributed by atoms with Gasteiger partial charge in [0.05, 0.1) is 0 Å². The summed E-state index contributed by atoms with van der Waals surface area (Å²) in [6.45, 7) is 1.36. The first-order chi connectivity index (χ1) is 14.5. The second-order valence-electron chi connectivity index (χ2n) is 8.02. The lowest BCUT2D eigenvalue weighted by Gasteiger charge is -2.26. The molecular weight excluding hydrogens is 517 g/mol. The highest BCUT2D eigenvalue weighted by atomic mass is 127. The Labute approximate surface area is 200 Å². The summed E-state index contributed by atoms with van der Waals surface area (Å²) >= 11 is 0. The number of likely N-dealkylation sites (tertiary alicyclic amines) is 1. The Morgan fingerprint density at radius 3 is 2.74 bits per heavy atom. The molecule has 2 N–H and O–H groups in total. The van der Waals surface area contributed by atoms with E-state index >= 15 is 0 Å². The largest absolute Gasteiger partial charge is 0.488 e. The number of alkyl halides is 2. The van der Waals surface area contributed by atoms with Crippen LogP contribution in [0.15, 0.2) is 29.3 Å². The topological polar surface area (TPSA) is 66.0 Å². The summed E-state index contributed by atoms with van der Waals surface area (Å²) in [5.74, 6) is 1.59. The summed E-state index contributed by atoms with van der Waals surface area (Å²) in [6.07, 6.45) is 4.03. The zero-order chi connectivity index (χ0) is 21.3. The van der Waals surface area contributed by atoms with Gasteiger partial charge in [0.25, 0.3) is 6.43 Å². The van der Waals surface area contributed by atoms with Crippen molar-refractivity contribution in [3.05, 3.63) is 29.8 Å². The van der Waals surface area contributed by atoms with Gasteiger partial charge in [-0.3, -0.25) is 9.79 Å². The Balaban J connectivity index is 0.00000341. The SMILES string of the molecule is CN=C(NCc1cccc(OCC(F)F)c1)NC1CCN(C(=O)C2CCCCC2)C1.I. The van der Waals surface area contributed by atoms with E-state index in [0.717, 1.165) is 44.2 Å². The van der Waals surface area contributed by atoms with Crippen LogP contribution < -0.4 is 15.4 Å². The molecule has 1 aromatic rings. The minimum Gasteiger partial charge on any atom is -0.488 e. The molecule has 0 radical (unpaired) electrons. The van der Waals surface area contributed by atoms with Gasteiger partial charge in [0.1, 0.15) is 12.4 Å². The van der Waals surface area contributed by atoms with Crippen LogP contribution in [-0.2, 0) is 11.3 Å². The number of aliphatic imine (C=N–C) groups is 1. The van der Waals surface area contributed by atoms with Gasteiger partial charge >= 0.3 is 0 Å². The third-order valence-corrected chi connectivity index (χ3v) is 5.75. The molecule has 1 aliphatic carbocycles. The van der Waals surface area contributed by atoms with Crippen molar-refractivity contribution in [2.24, 2.45) is 10.9 Å². The normalized spacial score (nSPS) is 19.8. The molecule has 9 heteroatoms. The molecule has 1 aromatic carbocycles. The summed E-state index contributed by atoms with van der Waals surface area (Å²) in [5.41, 5.74) is 0.908. The van der Waals surface area contributed by atoms with E-state index in [1.165, 1.54) is 6.42 Å². The maximum atomic E-state index is 12.7. The third-order valence-electron chi connectivity index (χ3n) is 5.75. The number of nitrogens with one attached hydrogen (secondary N) is 2. The molecule has 0 spiro atoms.